The first-order chi connectivity index (χ1) is 7.50. The second-order valence-corrected chi connectivity index (χ2v) is 4.00. The van der Waals surface area contributed by atoms with Gasteiger partial charge in [-0.2, -0.15) is 0 Å². The Labute approximate surface area is 94.8 Å². The average molecular weight is 238 g/mol. The zero-order chi connectivity index (χ0) is 12.6. The minimum Gasteiger partial charge on any atom is -0.396 e. The second-order valence-electron chi connectivity index (χ2n) is 4.00. The zero-order valence-corrected chi connectivity index (χ0v) is 9.29. The molecule has 0 bridgehead atoms. The molecule has 6 heteroatoms. The molecule has 0 aliphatic carbocycles. The van der Waals surface area contributed by atoms with Gasteiger partial charge in [0, 0.05) is 19.6 Å². The van der Waals surface area contributed by atoms with E-state index in [-0.39, 0.29) is 38.9 Å². The lowest BCUT2D eigenvalue weighted by atomic mass is 9.84. The quantitative estimate of drug-likeness (QED) is 0.276. The van der Waals surface area contributed by atoms with Crippen LogP contribution >= 0.6 is 0 Å². The monoisotopic (exact) mass is 238 g/mol. The Morgan fingerprint density at radius 1 is 1.00 bits per heavy atom. The van der Waals surface area contributed by atoms with Crippen molar-refractivity contribution in [1.82, 2.24) is 0 Å². The summed E-state index contributed by atoms with van der Waals surface area (Å²) in [6.07, 6.45) is -2.15. The van der Waals surface area contributed by atoms with Gasteiger partial charge in [0.15, 0.2) is 0 Å². The summed E-state index contributed by atoms with van der Waals surface area (Å²) in [5.74, 6) is 0. The molecule has 6 N–H and O–H groups in total. The standard InChI is InChI=1S/C10H22O6/c11-4-1-3-10(16,6-8(14)7-13)9(15)2-5-12/h8-9,11-16H,1-7H2. The van der Waals surface area contributed by atoms with Gasteiger partial charge in [0.2, 0.25) is 0 Å². The summed E-state index contributed by atoms with van der Waals surface area (Å²) < 4.78 is 0. The fraction of sp³-hybridized carbons (Fsp3) is 1.00. The number of aliphatic hydroxyl groups is 6. The van der Waals surface area contributed by atoms with Crippen LogP contribution in [0.4, 0.5) is 0 Å². The highest BCUT2D eigenvalue weighted by atomic mass is 16.4. The molecule has 0 saturated carbocycles. The minimum atomic E-state index is -1.59. The molecule has 98 valence electrons. The lowest BCUT2D eigenvalue weighted by molar-refractivity contribution is -0.117. The maximum atomic E-state index is 10.1. The van der Waals surface area contributed by atoms with Gasteiger partial charge in [0.1, 0.15) is 0 Å². The lowest BCUT2D eigenvalue weighted by Gasteiger charge is -2.34. The van der Waals surface area contributed by atoms with Crippen molar-refractivity contribution < 1.29 is 30.6 Å². The first-order valence-electron chi connectivity index (χ1n) is 5.41. The molecule has 3 unspecified atom stereocenters. The van der Waals surface area contributed by atoms with Gasteiger partial charge in [-0.25, -0.2) is 0 Å². The maximum absolute atomic E-state index is 10.1. The molecule has 0 aromatic carbocycles. The van der Waals surface area contributed by atoms with Crippen LogP contribution in [0.3, 0.4) is 0 Å². The predicted molar refractivity (Wildman–Crippen MR) is 56.7 cm³/mol. The van der Waals surface area contributed by atoms with E-state index in [1.54, 1.807) is 0 Å². The van der Waals surface area contributed by atoms with E-state index in [1.807, 2.05) is 0 Å². The molecule has 3 atom stereocenters. The molecule has 0 fully saturated rings. The highest BCUT2D eigenvalue weighted by molar-refractivity contribution is 4.88. The Morgan fingerprint density at radius 2 is 1.62 bits per heavy atom. The van der Waals surface area contributed by atoms with E-state index in [4.69, 9.17) is 15.3 Å². The van der Waals surface area contributed by atoms with E-state index >= 15 is 0 Å². The minimum absolute atomic E-state index is 0.0138. The van der Waals surface area contributed by atoms with Crippen molar-refractivity contribution in [2.75, 3.05) is 19.8 Å². The van der Waals surface area contributed by atoms with Crippen molar-refractivity contribution in [2.45, 2.75) is 43.5 Å². The van der Waals surface area contributed by atoms with Crippen molar-refractivity contribution in [2.24, 2.45) is 0 Å². The molecule has 0 spiro atoms. The fourth-order valence-corrected chi connectivity index (χ4v) is 1.65. The van der Waals surface area contributed by atoms with Gasteiger partial charge < -0.3 is 30.6 Å². The van der Waals surface area contributed by atoms with E-state index < -0.39 is 24.4 Å². The number of aliphatic hydroxyl groups excluding tert-OH is 5. The molecule has 0 aromatic rings. The summed E-state index contributed by atoms with van der Waals surface area (Å²) >= 11 is 0. The molecule has 0 rings (SSSR count). The Bertz CT molecular complexity index is 177. The Morgan fingerprint density at radius 3 is 2.06 bits per heavy atom. The van der Waals surface area contributed by atoms with E-state index in [1.165, 1.54) is 0 Å². The van der Waals surface area contributed by atoms with E-state index in [0.717, 1.165) is 0 Å². The molecule has 16 heavy (non-hydrogen) atoms. The molecular weight excluding hydrogens is 216 g/mol. The SMILES string of the molecule is OCCCC(O)(CC(O)CO)C(O)CCO. The summed E-state index contributed by atoms with van der Waals surface area (Å²) in [6.45, 7) is -0.922. The predicted octanol–water partition coefficient (Wildman–Crippen LogP) is -2.02. The number of hydrogen-bond acceptors (Lipinski definition) is 6. The van der Waals surface area contributed by atoms with Gasteiger partial charge in [0.05, 0.1) is 24.4 Å². The Balaban J connectivity index is 4.45. The van der Waals surface area contributed by atoms with E-state index in [9.17, 15) is 15.3 Å². The van der Waals surface area contributed by atoms with Crippen LogP contribution < -0.4 is 0 Å². The molecule has 0 heterocycles. The van der Waals surface area contributed by atoms with Crippen LogP contribution in [0.15, 0.2) is 0 Å². The lowest BCUT2D eigenvalue weighted by Crippen LogP contribution is -2.46. The third-order valence-corrected chi connectivity index (χ3v) is 2.59. The molecule has 0 saturated heterocycles. The second kappa shape index (κ2) is 7.94. The van der Waals surface area contributed by atoms with Crippen LogP contribution in [0.25, 0.3) is 0 Å². The summed E-state index contributed by atoms with van der Waals surface area (Å²) in [5.41, 5.74) is -1.59. The molecule has 0 amide bonds. The molecule has 0 radical (unpaired) electrons. The average Bonchev–Trinajstić information content (AvgIpc) is 2.26. The van der Waals surface area contributed by atoms with Crippen molar-refractivity contribution in [3.63, 3.8) is 0 Å². The van der Waals surface area contributed by atoms with Crippen LogP contribution in [-0.2, 0) is 0 Å². The molecule has 0 aliphatic rings. The van der Waals surface area contributed by atoms with Crippen LogP contribution in [0, 0.1) is 0 Å². The zero-order valence-electron chi connectivity index (χ0n) is 9.29. The van der Waals surface area contributed by atoms with Crippen molar-refractivity contribution in [3.8, 4) is 0 Å². The molecule has 0 aliphatic heterocycles. The topological polar surface area (TPSA) is 121 Å². The summed E-state index contributed by atoms with van der Waals surface area (Å²) in [5, 5.41) is 55.1. The Hall–Kier alpha value is -0.240. The molecule has 6 nitrogen and oxygen atoms in total. The smallest absolute Gasteiger partial charge is 0.0932 e. The summed E-state index contributed by atoms with van der Waals surface area (Å²) in [6, 6.07) is 0. The van der Waals surface area contributed by atoms with Gasteiger partial charge in [-0.05, 0) is 19.3 Å². The van der Waals surface area contributed by atoms with Crippen LogP contribution in [0.5, 0.6) is 0 Å². The number of hydrogen-bond donors (Lipinski definition) is 6. The first kappa shape index (κ1) is 15.8. The Kier molecular flexibility index (Phi) is 7.82. The van der Waals surface area contributed by atoms with E-state index in [0.29, 0.717) is 0 Å². The van der Waals surface area contributed by atoms with Crippen LogP contribution in [0.2, 0.25) is 0 Å². The van der Waals surface area contributed by atoms with Crippen molar-refractivity contribution in [1.29, 1.82) is 0 Å². The fourth-order valence-electron chi connectivity index (χ4n) is 1.65. The van der Waals surface area contributed by atoms with Gasteiger partial charge in [-0.1, -0.05) is 0 Å². The third kappa shape index (κ3) is 5.20. The molecule has 0 aromatic heterocycles. The summed E-state index contributed by atoms with van der Waals surface area (Å²) in [4.78, 5) is 0. The van der Waals surface area contributed by atoms with Crippen LogP contribution in [-0.4, -0.2) is 68.3 Å². The highest BCUT2D eigenvalue weighted by Crippen LogP contribution is 2.25. The third-order valence-electron chi connectivity index (χ3n) is 2.59. The normalized spacial score (nSPS) is 19.1. The van der Waals surface area contributed by atoms with Gasteiger partial charge >= 0.3 is 0 Å². The highest BCUT2D eigenvalue weighted by Gasteiger charge is 2.36. The van der Waals surface area contributed by atoms with Gasteiger partial charge in [-0.15, -0.1) is 0 Å². The van der Waals surface area contributed by atoms with Crippen molar-refractivity contribution in [3.05, 3.63) is 0 Å². The first-order valence-corrected chi connectivity index (χ1v) is 5.41. The van der Waals surface area contributed by atoms with E-state index in [2.05, 4.69) is 0 Å². The molecular formula is C10H22O6. The number of rotatable bonds is 9. The van der Waals surface area contributed by atoms with Crippen LogP contribution in [0.1, 0.15) is 25.7 Å². The largest absolute Gasteiger partial charge is 0.396 e. The maximum Gasteiger partial charge on any atom is 0.0932 e. The van der Waals surface area contributed by atoms with Crippen molar-refractivity contribution >= 4 is 0 Å². The summed E-state index contributed by atoms with van der Waals surface area (Å²) in [7, 11) is 0. The van der Waals surface area contributed by atoms with Gasteiger partial charge in [-0.3, -0.25) is 0 Å². The van der Waals surface area contributed by atoms with Gasteiger partial charge in [0.25, 0.3) is 0 Å².